The number of benzene rings is 1. The topological polar surface area (TPSA) is 109 Å². The molecule has 2 aromatic rings. The van der Waals surface area contributed by atoms with Crippen molar-refractivity contribution in [2.24, 2.45) is 0 Å². The number of aromatic nitrogens is 3. The second-order valence-electron chi connectivity index (χ2n) is 3.47. The maximum atomic E-state index is 5.75. The maximum absolute atomic E-state index is 5.75. The third-order valence-corrected chi connectivity index (χ3v) is 2.39. The van der Waals surface area contributed by atoms with E-state index in [9.17, 15) is 0 Å². The number of hydrogen-bond donors (Lipinski definition) is 2. The summed E-state index contributed by atoms with van der Waals surface area (Å²) in [5, 5.41) is 7.60. The van der Waals surface area contributed by atoms with E-state index >= 15 is 0 Å². The summed E-state index contributed by atoms with van der Waals surface area (Å²) in [5.74, 6) is 1.45. The lowest BCUT2D eigenvalue weighted by Gasteiger charge is -2.09. The van der Waals surface area contributed by atoms with Crippen LogP contribution < -0.4 is 20.9 Å². The predicted molar refractivity (Wildman–Crippen MR) is 67.2 cm³/mol. The van der Waals surface area contributed by atoms with Crippen molar-refractivity contribution < 1.29 is 9.47 Å². The lowest BCUT2D eigenvalue weighted by Crippen LogP contribution is -2.04. The molecule has 1 aromatic carbocycles. The van der Waals surface area contributed by atoms with Crippen molar-refractivity contribution >= 4 is 11.8 Å². The monoisotopic (exact) mass is 247 g/mol. The highest BCUT2D eigenvalue weighted by molar-refractivity contribution is 5.72. The van der Waals surface area contributed by atoms with Gasteiger partial charge in [-0.3, -0.25) is 0 Å². The molecular weight excluding hydrogens is 234 g/mol. The Balaban J connectivity index is 2.51. The number of hydrogen-bond acceptors (Lipinski definition) is 7. The fraction of sp³-hybridized carbons (Fsp3) is 0.182. The zero-order chi connectivity index (χ0) is 13.1. The van der Waals surface area contributed by atoms with Crippen LogP contribution in [0.5, 0.6) is 11.5 Å². The largest absolute Gasteiger partial charge is 0.493 e. The molecule has 2 rings (SSSR count). The molecule has 0 fully saturated rings. The molecular formula is C11H13N5O2. The van der Waals surface area contributed by atoms with E-state index < -0.39 is 0 Å². The number of nitrogen functional groups attached to an aromatic ring is 2. The molecule has 0 aliphatic heterocycles. The van der Waals surface area contributed by atoms with Gasteiger partial charge in [-0.05, 0) is 18.2 Å². The first-order valence-corrected chi connectivity index (χ1v) is 5.13. The number of methoxy groups -OCH3 is 2. The van der Waals surface area contributed by atoms with Crippen molar-refractivity contribution in [1.29, 1.82) is 0 Å². The van der Waals surface area contributed by atoms with E-state index in [0.717, 1.165) is 5.56 Å². The SMILES string of the molecule is COc1ccc(-c2nnc(N)nc2N)cc1OC. The molecule has 1 aromatic heterocycles. The molecule has 0 saturated heterocycles. The standard InChI is InChI=1S/C11H13N5O2/c1-17-7-4-3-6(5-8(7)18-2)9-10(12)14-11(13)16-15-9/h3-5H,1-2H3,(H4,12,13,14,16). The average Bonchev–Trinajstić information content (AvgIpc) is 2.38. The molecule has 94 valence electrons. The molecule has 0 atom stereocenters. The highest BCUT2D eigenvalue weighted by atomic mass is 16.5. The molecule has 0 saturated carbocycles. The van der Waals surface area contributed by atoms with Gasteiger partial charge >= 0.3 is 0 Å². The number of ether oxygens (including phenoxy) is 2. The Bertz CT molecular complexity index is 573. The van der Waals surface area contributed by atoms with Gasteiger partial charge in [-0.2, -0.15) is 4.98 Å². The number of rotatable bonds is 3. The number of nitrogens with two attached hydrogens (primary N) is 2. The smallest absolute Gasteiger partial charge is 0.242 e. The first kappa shape index (κ1) is 11.9. The summed E-state index contributed by atoms with van der Waals surface area (Å²) < 4.78 is 10.4. The molecule has 7 heteroatoms. The molecule has 0 aliphatic carbocycles. The molecule has 0 radical (unpaired) electrons. The van der Waals surface area contributed by atoms with Crippen LogP contribution in [-0.2, 0) is 0 Å². The van der Waals surface area contributed by atoms with Crippen LogP contribution >= 0.6 is 0 Å². The highest BCUT2D eigenvalue weighted by Gasteiger charge is 2.11. The molecule has 0 amide bonds. The highest BCUT2D eigenvalue weighted by Crippen LogP contribution is 2.32. The van der Waals surface area contributed by atoms with Crippen LogP contribution in [0.2, 0.25) is 0 Å². The normalized spacial score (nSPS) is 10.1. The molecule has 0 spiro atoms. The zero-order valence-electron chi connectivity index (χ0n) is 10.0. The van der Waals surface area contributed by atoms with Crippen molar-refractivity contribution in [3.05, 3.63) is 18.2 Å². The van der Waals surface area contributed by atoms with Gasteiger partial charge in [-0.25, -0.2) is 0 Å². The van der Waals surface area contributed by atoms with E-state index in [1.165, 1.54) is 0 Å². The molecule has 7 nitrogen and oxygen atoms in total. The summed E-state index contributed by atoms with van der Waals surface area (Å²) in [7, 11) is 3.12. The summed E-state index contributed by atoms with van der Waals surface area (Å²) in [6.07, 6.45) is 0. The molecule has 0 unspecified atom stereocenters. The molecule has 18 heavy (non-hydrogen) atoms. The summed E-state index contributed by atoms with van der Waals surface area (Å²) >= 11 is 0. The van der Waals surface area contributed by atoms with Crippen LogP contribution in [0.25, 0.3) is 11.3 Å². The van der Waals surface area contributed by atoms with E-state index in [4.69, 9.17) is 20.9 Å². The van der Waals surface area contributed by atoms with Crippen LogP contribution in [0.3, 0.4) is 0 Å². The Labute approximate surface area is 104 Å². The van der Waals surface area contributed by atoms with Gasteiger partial charge in [0, 0.05) is 5.56 Å². The minimum Gasteiger partial charge on any atom is -0.493 e. The van der Waals surface area contributed by atoms with E-state index in [1.807, 2.05) is 0 Å². The lowest BCUT2D eigenvalue weighted by molar-refractivity contribution is 0.355. The molecule has 0 aliphatic rings. The fourth-order valence-corrected chi connectivity index (χ4v) is 1.54. The van der Waals surface area contributed by atoms with Crippen molar-refractivity contribution in [3.63, 3.8) is 0 Å². The first-order chi connectivity index (χ1) is 8.65. The molecule has 1 heterocycles. The van der Waals surface area contributed by atoms with Crippen molar-refractivity contribution in [3.8, 4) is 22.8 Å². The average molecular weight is 247 g/mol. The Morgan fingerprint density at radius 1 is 1.00 bits per heavy atom. The summed E-state index contributed by atoms with van der Waals surface area (Å²) in [5.41, 5.74) is 12.3. The Morgan fingerprint density at radius 3 is 2.33 bits per heavy atom. The van der Waals surface area contributed by atoms with Gasteiger partial charge in [0.15, 0.2) is 17.3 Å². The Kier molecular flexibility index (Phi) is 3.13. The van der Waals surface area contributed by atoms with E-state index in [2.05, 4.69) is 15.2 Å². The van der Waals surface area contributed by atoms with E-state index in [-0.39, 0.29) is 11.8 Å². The summed E-state index contributed by atoms with van der Waals surface area (Å²) in [6, 6.07) is 5.29. The fourth-order valence-electron chi connectivity index (χ4n) is 1.54. The second kappa shape index (κ2) is 4.74. The quantitative estimate of drug-likeness (QED) is 0.822. The van der Waals surface area contributed by atoms with Gasteiger partial charge in [0.05, 0.1) is 14.2 Å². The van der Waals surface area contributed by atoms with Gasteiger partial charge in [0.25, 0.3) is 0 Å². The minimum absolute atomic E-state index is 0.0386. The lowest BCUT2D eigenvalue weighted by atomic mass is 10.1. The van der Waals surface area contributed by atoms with Gasteiger partial charge in [-0.1, -0.05) is 0 Å². The molecule has 4 N–H and O–H groups in total. The molecule has 0 bridgehead atoms. The van der Waals surface area contributed by atoms with Crippen molar-refractivity contribution in [2.75, 3.05) is 25.7 Å². The van der Waals surface area contributed by atoms with Gasteiger partial charge in [0.1, 0.15) is 5.69 Å². The van der Waals surface area contributed by atoms with Crippen LogP contribution in [0, 0.1) is 0 Å². The van der Waals surface area contributed by atoms with Gasteiger partial charge in [0.2, 0.25) is 5.95 Å². The van der Waals surface area contributed by atoms with Crippen LogP contribution in [-0.4, -0.2) is 29.4 Å². The van der Waals surface area contributed by atoms with E-state index in [0.29, 0.717) is 17.2 Å². The van der Waals surface area contributed by atoms with Gasteiger partial charge in [-0.15, -0.1) is 10.2 Å². The third-order valence-electron chi connectivity index (χ3n) is 2.39. The Hall–Kier alpha value is -2.57. The Morgan fingerprint density at radius 2 is 1.72 bits per heavy atom. The van der Waals surface area contributed by atoms with Gasteiger partial charge < -0.3 is 20.9 Å². The van der Waals surface area contributed by atoms with Crippen molar-refractivity contribution in [1.82, 2.24) is 15.2 Å². The van der Waals surface area contributed by atoms with Crippen molar-refractivity contribution in [2.45, 2.75) is 0 Å². The minimum atomic E-state index is 0.0386. The number of anilines is 2. The summed E-state index contributed by atoms with van der Waals surface area (Å²) in [4.78, 5) is 3.86. The maximum Gasteiger partial charge on any atom is 0.242 e. The van der Waals surface area contributed by atoms with E-state index in [1.54, 1.807) is 32.4 Å². The summed E-state index contributed by atoms with van der Waals surface area (Å²) in [6.45, 7) is 0. The van der Waals surface area contributed by atoms with Crippen LogP contribution in [0.4, 0.5) is 11.8 Å². The van der Waals surface area contributed by atoms with Crippen LogP contribution in [0.15, 0.2) is 18.2 Å². The second-order valence-corrected chi connectivity index (χ2v) is 3.47. The van der Waals surface area contributed by atoms with Crippen LogP contribution in [0.1, 0.15) is 0 Å². The first-order valence-electron chi connectivity index (χ1n) is 5.13. The predicted octanol–water partition coefficient (Wildman–Crippen LogP) is 0.720. The zero-order valence-corrected chi connectivity index (χ0v) is 10.0. The number of nitrogens with zero attached hydrogens (tertiary/aromatic N) is 3. The third kappa shape index (κ3) is 2.10.